The van der Waals surface area contributed by atoms with E-state index in [0.717, 1.165) is 0 Å². The van der Waals surface area contributed by atoms with Gasteiger partial charge in [-0.3, -0.25) is 9.59 Å². The van der Waals surface area contributed by atoms with E-state index in [0.29, 0.717) is 5.56 Å². The van der Waals surface area contributed by atoms with Crippen molar-refractivity contribution in [1.82, 2.24) is 0 Å². The number of carboxylic acids is 1. The van der Waals surface area contributed by atoms with Gasteiger partial charge in [0.05, 0.1) is 12.7 Å². The lowest BCUT2D eigenvalue weighted by atomic mass is 10.1. The molecule has 0 fully saturated rings. The molecule has 0 unspecified atom stereocenters. The Bertz CT molecular complexity index is 1020. The van der Waals surface area contributed by atoms with Gasteiger partial charge in [-0.2, -0.15) is 5.26 Å². The smallest absolute Gasteiger partial charge is 0.335 e. The van der Waals surface area contributed by atoms with E-state index < -0.39 is 17.8 Å². The highest BCUT2D eigenvalue weighted by Gasteiger charge is 2.12. The molecule has 2 aromatic carbocycles. The molecule has 0 aliphatic rings. The number of carboxylic acid groups (broad SMARTS) is 1. The summed E-state index contributed by atoms with van der Waals surface area (Å²) in [4.78, 5) is 34.2. The van der Waals surface area contributed by atoms with Crippen LogP contribution in [-0.2, 0) is 9.59 Å². The summed E-state index contributed by atoms with van der Waals surface area (Å²) in [5.74, 6) is -1.93. The van der Waals surface area contributed by atoms with Crippen LogP contribution in [0.5, 0.6) is 11.5 Å². The molecule has 0 saturated heterocycles. The fourth-order valence-corrected chi connectivity index (χ4v) is 2.29. The van der Waals surface area contributed by atoms with Crippen LogP contribution in [0.25, 0.3) is 6.08 Å². The molecule has 2 rings (SSSR count). The molecule has 148 valence electrons. The van der Waals surface area contributed by atoms with E-state index in [9.17, 15) is 19.6 Å². The van der Waals surface area contributed by atoms with Crippen LogP contribution in [0, 0.1) is 11.3 Å². The maximum absolute atomic E-state index is 12.4. The normalized spacial score (nSPS) is 10.6. The van der Waals surface area contributed by atoms with E-state index in [1.165, 1.54) is 49.6 Å². The molecule has 9 heteroatoms. The number of carbonyl (C=O) groups excluding carboxylic acids is 2. The zero-order valence-electron chi connectivity index (χ0n) is 15.3. The Morgan fingerprint density at radius 3 is 2.59 bits per heavy atom. The summed E-state index contributed by atoms with van der Waals surface area (Å²) < 4.78 is 10.4. The Morgan fingerprint density at radius 2 is 1.97 bits per heavy atom. The molecular weight excluding hydrogens is 378 g/mol. The lowest BCUT2D eigenvalue weighted by Gasteiger charge is -2.10. The van der Waals surface area contributed by atoms with Crippen LogP contribution in [0.2, 0.25) is 0 Å². The predicted molar refractivity (Wildman–Crippen MR) is 103 cm³/mol. The number of nitrogens with one attached hydrogen (secondary N) is 1. The summed E-state index contributed by atoms with van der Waals surface area (Å²) in [6.07, 6.45) is 1.33. The number of anilines is 1. The number of hydrogen-bond acceptors (Lipinski definition) is 6. The zero-order chi connectivity index (χ0) is 21.4. The van der Waals surface area contributed by atoms with E-state index in [-0.39, 0.29) is 34.9 Å². The Balaban J connectivity index is 2.23. The highest BCUT2D eigenvalue weighted by molar-refractivity contribution is 6.10. The second kappa shape index (κ2) is 9.57. The number of amides is 2. The standard InChI is InChI=1S/C20H17N3O6/c1-28-17-8-12(5-6-16(17)29-11-18(22)24)7-14(10-21)19(25)23-15-4-2-3-13(9-15)20(26)27/h2-9H,11H2,1H3,(H2,22,24)(H,23,25)(H,26,27)/b14-7-. The highest BCUT2D eigenvalue weighted by atomic mass is 16.5. The molecular formula is C20H17N3O6. The number of primary amides is 1. The molecule has 9 nitrogen and oxygen atoms in total. The summed E-state index contributed by atoms with van der Waals surface area (Å²) in [5.41, 5.74) is 5.54. The summed E-state index contributed by atoms with van der Waals surface area (Å²) in [6, 6.07) is 12.0. The number of carbonyl (C=O) groups is 3. The van der Waals surface area contributed by atoms with Gasteiger partial charge >= 0.3 is 5.97 Å². The van der Waals surface area contributed by atoms with E-state index in [1.54, 1.807) is 12.1 Å². The van der Waals surface area contributed by atoms with Gasteiger partial charge in [0, 0.05) is 5.69 Å². The van der Waals surface area contributed by atoms with Crippen molar-refractivity contribution in [3.63, 3.8) is 0 Å². The third kappa shape index (κ3) is 5.83. The number of nitriles is 1. The lowest BCUT2D eigenvalue weighted by Crippen LogP contribution is -2.20. The average molecular weight is 395 g/mol. The molecule has 0 aliphatic carbocycles. The molecule has 29 heavy (non-hydrogen) atoms. The Labute approximate surface area is 166 Å². The van der Waals surface area contributed by atoms with Gasteiger partial charge in [-0.1, -0.05) is 12.1 Å². The van der Waals surface area contributed by atoms with Crippen LogP contribution >= 0.6 is 0 Å². The fourth-order valence-electron chi connectivity index (χ4n) is 2.29. The number of methoxy groups -OCH3 is 1. The third-order valence-electron chi connectivity index (χ3n) is 3.60. The van der Waals surface area contributed by atoms with E-state index in [4.69, 9.17) is 20.3 Å². The van der Waals surface area contributed by atoms with Gasteiger partial charge in [-0.25, -0.2) is 4.79 Å². The van der Waals surface area contributed by atoms with E-state index >= 15 is 0 Å². The highest BCUT2D eigenvalue weighted by Crippen LogP contribution is 2.29. The number of hydrogen-bond donors (Lipinski definition) is 3. The summed E-state index contributed by atoms with van der Waals surface area (Å²) in [5, 5.41) is 20.8. The number of rotatable bonds is 8. The van der Waals surface area contributed by atoms with Gasteiger partial charge in [0.15, 0.2) is 18.1 Å². The largest absolute Gasteiger partial charge is 0.493 e. The number of nitrogens with two attached hydrogens (primary N) is 1. The van der Waals surface area contributed by atoms with Crippen LogP contribution in [0.1, 0.15) is 15.9 Å². The van der Waals surface area contributed by atoms with Crippen molar-refractivity contribution in [3.05, 3.63) is 59.2 Å². The first-order valence-electron chi connectivity index (χ1n) is 8.19. The molecule has 0 saturated carbocycles. The third-order valence-corrected chi connectivity index (χ3v) is 3.60. The first kappa shape index (κ1) is 21.0. The second-order valence-electron chi connectivity index (χ2n) is 5.68. The molecule has 0 spiro atoms. The predicted octanol–water partition coefficient (Wildman–Crippen LogP) is 1.80. The number of aromatic carboxylic acids is 1. The van der Waals surface area contributed by atoms with Crippen LogP contribution in [0.15, 0.2) is 48.0 Å². The van der Waals surface area contributed by atoms with Gasteiger partial charge in [0.2, 0.25) is 0 Å². The maximum atomic E-state index is 12.4. The number of nitrogens with zero attached hydrogens (tertiary/aromatic N) is 1. The van der Waals surface area contributed by atoms with Crippen molar-refractivity contribution in [2.45, 2.75) is 0 Å². The summed E-state index contributed by atoms with van der Waals surface area (Å²) >= 11 is 0. The van der Waals surface area contributed by atoms with E-state index in [2.05, 4.69) is 5.32 Å². The second-order valence-corrected chi connectivity index (χ2v) is 5.68. The SMILES string of the molecule is COc1cc(/C=C(/C#N)C(=O)Nc2cccc(C(=O)O)c2)ccc1OCC(N)=O. The molecule has 0 aliphatic heterocycles. The quantitative estimate of drug-likeness (QED) is 0.455. The van der Waals surface area contributed by atoms with Crippen molar-refractivity contribution in [3.8, 4) is 17.6 Å². The average Bonchev–Trinajstić information content (AvgIpc) is 2.70. The molecule has 0 bridgehead atoms. The summed E-state index contributed by atoms with van der Waals surface area (Å²) in [6.45, 7) is -0.327. The van der Waals surface area contributed by atoms with Gasteiger partial charge < -0.3 is 25.6 Å². The minimum absolute atomic E-state index is 0.00146. The first-order chi connectivity index (χ1) is 13.8. The minimum atomic E-state index is -1.14. The summed E-state index contributed by atoms with van der Waals surface area (Å²) in [7, 11) is 1.40. The lowest BCUT2D eigenvalue weighted by molar-refractivity contribution is -0.120. The molecule has 0 aromatic heterocycles. The molecule has 0 radical (unpaired) electrons. The van der Waals surface area contributed by atoms with Crippen LogP contribution in [-0.4, -0.2) is 36.6 Å². The van der Waals surface area contributed by atoms with Gasteiger partial charge in [0.1, 0.15) is 11.6 Å². The van der Waals surface area contributed by atoms with Crippen LogP contribution in [0.3, 0.4) is 0 Å². The van der Waals surface area contributed by atoms with Gasteiger partial charge in [0.25, 0.3) is 11.8 Å². The van der Waals surface area contributed by atoms with Crippen molar-refractivity contribution < 1.29 is 29.0 Å². The van der Waals surface area contributed by atoms with Crippen LogP contribution < -0.4 is 20.5 Å². The topological polar surface area (TPSA) is 152 Å². The van der Waals surface area contributed by atoms with Gasteiger partial charge in [-0.15, -0.1) is 0 Å². The number of ether oxygens (including phenoxy) is 2. The Kier molecular flexibility index (Phi) is 6.92. The Morgan fingerprint density at radius 1 is 1.21 bits per heavy atom. The van der Waals surface area contributed by atoms with Crippen molar-refractivity contribution >= 4 is 29.5 Å². The van der Waals surface area contributed by atoms with Gasteiger partial charge in [-0.05, 0) is 42.0 Å². The van der Waals surface area contributed by atoms with Crippen LogP contribution in [0.4, 0.5) is 5.69 Å². The maximum Gasteiger partial charge on any atom is 0.335 e. The van der Waals surface area contributed by atoms with E-state index in [1.807, 2.05) is 0 Å². The minimum Gasteiger partial charge on any atom is -0.493 e. The Hall–Kier alpha value is -4.32. The molecule has 2 aromatic rings. The molecule has 2 amide bonds. The first-order valence-corrected chi connectivity index (χ1v) is 8.19. The van der Waals surface area contributed by atoms with Crippen molar-refractivity contribution in [1.29, 1.82) is 5.26 Å². The molecule has 4 N–H and O–H groups in total. The zero-order valence-corrected chi connectivity index (χ0v) is 15.3. The molecule has 0 heterocycles. The van der Waals surface area contributed by atoms with Crippen molar-refractivity contribution in [2.75, 3.05) is 19.0 Å². The molecule has 0 atom stereocenters. The van der Waals surface area contributed by atoms with Crippen molar-refractivity contribution in [2.24, 2.45) is 5.73 Å². The monoisotopic (exact) mass is 395 g/mol. The fraction of sp³-hybridized carbons (Fsp3) is 0.100. The number of benzene rings is 2.